The van der Waals surface area contributed by atoms with E-state index in [9.17, 15) is 0 Å². The highest BCUT2D eigenvalue weighted by atomic mass is 32.1. The second kappa shape index (κ2) is 6.52. The fourth-order valence-corrected chi connectivity index (χ4v) is 2.71. The summed E-state index contributed by atoms with van der Waals surface area (Å²) in [6, 6.07) is 4.46. The van der Waals surface area contributed by atoms with Crippen molar-refractivity contribution in [2.45, 2.75) is 19.4 Å². The van der Waals surface area contributed by atoms with Gasteiger partial charge in [-0.1, -0.05) is 6.92 Å². The zero-order valence-electron chi connectivity index (χ0n) is 10.7. The molecule has 0 saturated carbocycles. The molecule has 0 aliphatic rings. The fraction of sp³-hybridized carbons (Fsp3) is 0.357. The van der Waals surface area contributed by atoms with E-state index in [1.165, 1.54) is 11.1 Å². The van der Waals surface area contributed by atoms with Gasteiger partial charge < -0.3 is 10.1 Å². The van der Waals surface area contributed by atoms with Crippen molar-refractivity contribution < 1.29 is 4.74 Å². The van der Waals surface area contributed by atoms with Gasteiger partial charge in [0.1, 0.15) is 5.75 Å². The first-order chi connectivity index (χ1) is 8.85. The quantitative estimate of drug-likeness (QED) is 0.869. The van der Waals surface area contributed by atoms with Gasteiger partial charge in [-0.05, 0) is 41.4 Å². The predicted molar refractivity (Wildman–Crippen MR) is 75.2 cm³/mol. The zero-order valence-corrected chi connectivity index (χ0v) is 11.5. The number of nitrogens with one attached hydrogen (secondary N) is 1. The van der Waals surface area contributed by atoms with Crippen LogP contribution in [0.3, 0.4) is 0 Å². The first-order valence-electron chi connectivity index (χ1n) is 6.07. The van der Waals surface area contributed by atoms with E-state index in [0.717, 1.165) is 18.7 Å². The summed E-state index contributed by atoms with van der Waals surface area (Å²) in [7, 11) is 1.69. The number of nitrogens with zero attached hydrogens (tertiary/aromatic N) is 1. The number of ether oxygens (including phenoxy) is 1. The molecule has 1 N–H and O–H groups in total. The smallest absolute Gasteiger partial charge is 0.141 e. The Kier molecular flexibility index (Phi) is 4.73. The minimum Gasteiger partial charge on any atom is -0.495 e. The molecule has 0 spiro atoms. The van der Waals surface area contributed by atoms with Crippen LogP contribution in [0.4, 0.5) is 0 Å². The third kappa shape index (κ3) is 3.09. The number of hydrogen-bond donors (Lipinski definition) is 1. The number of hydrogen-bond acceptors (Lipinski definition) is 4. The predicted octanol–water partition coefficient (Wildman–Crippen LogP) is 3.05. The summed E-state index contributed by atoms with van der Waals surface area (Å²) < 4.78 is 5.39. The Hall–Kier alpha value is -1.39. The molecule has 0 fully saturated rings. The van der Waals surface area contributed by atoms with Gasteiger partial charge in [0.25, 0.3) is 0 Å². The second-order valence-electron chi connectivity index (χ2n) is 4.06. The van der Waals surface area contributed by atoms with Gasteiger partial charge in [0.2, 0.25) is 0 Å². The number of pyridine rings is 1. The van der Waals surface area contributed by atoms with Crippen molar-refractivity contribution >= 4 is 11.3 Å². The molecule has 18 heavy (non-hydrogen) atoms. The van der Waals surface area contributed by atoms with E-state index in [1.54, 1.807) is 24.6 Å². The minimum atomic E-state index is 0.266. The van der Waals surface area contributed by atoms with E-state index in [-0.39, 0.29) is 6.04 Å². The summed E-state index contributed by atoms with van der Waals surface area (Å²) in [4.78, 5) is 4.11. The Morgan fingerprint density at radius 3 is 3.00 bits per heavy atom. The average molecular weight is 262 g/mol. The fourth-order valence-electron chi connectivity index (χ4n) is 2.03. The molecule has 2 aromatic heterocycles. The van der Waals surface area contributed by atoms with Crippen LogP contribution in [-0.2, 0) is 6.42 Å². The van der Waals surface area contributed by atoms with Crippen LogP contribution in [0.2, 0.25) is 0 Å². The van der Waals surface area contributed by atoms with Crippen LogP contribution in [0, 0.1) is 0 Å². The van der Waals surface area contributed by atoms with Crippen LogP contribution in [0.15, 0.2) is 35.3 Å². The van der Waals surface area contributed by atoms with Gasteiger partial charge in [-0.25, -0.2) is 0 Å². The van der Waals surface area contributed by atoms with E-state index in [1.807, 2.05) is 12.3 Å². The lowest BCUT2D eigenvalue weighted by Crippen LogP contribution is -2.23. The summed E-state index contributed by atoms with van der Waals surface area (Å²) in [5.41, 5.74) is 2.52. The van der Waals surface area contributed by atoms with Gasteiger partial charge in [0.05, 0.1) is 13.3 Å². The third-order valence-corrected chi connectivity index (χ3v) is 3.61. The molecule has 0 aromatic carbocycles. The van der Waals surface area contributed by atoms with E-state index in [0.29, 0.717) is 0 Å². The summed E-state index contributed by atoms with van der Waals surface area (Å²) in [5.74, 6) is 0.846. The summed E-state index contributed by atoms with van der Waals surface area (Å²) >= 11 is 1.73. The van der Waals surface area contributed by atoms with E-state index < -0.39 is 0 Å². The van der Waals surface area contributed by atoms with E-state index in [4.69, 9.17) is 4.74 Å². The highest BCUT2D eigenvalue weighted by Crippen LogP contribution is 2.27. The molecule has 1 unspecified atom stereocenters. The van der Waals surface area contributed by atoms with E-state index in [2.05, 4.69) is 34.1 Å². The molecule has 2 heterocycles. The van der Waals surface area contributed by atoms with Crippen molar-refractivity contribution in [1.82, 2.24) is 10.3 Å². The highest BCUT2D eigenvalue weighted by molar-refractivity contribution is 7.07. The minimum absolute atomic E-state index is 0.266. The van der Waals surface area contributed by atoms with Crippen LogP contribution >= 0.6 is 11.3 Å². The summed E-state index contributed by atoms with van der Waals surface area (Å²) in [5, 5.41) is 7.81. The van der Waals surface area contributed by atoms with E-state index >= 15 is 0 Å². The number of likely N-dealkylation sites (N-methyl/N-ethyl adjacent to an activating group) is 1. The lowest BCUT2D eigenvalue weighted by atomic mass is 10.0. The molecule has 0 bridgehead atoms. The van der Waals surface area contributed by atoms with Crippen molar-refractivity contribution in [2.24, 2.45) is 0 Å². The maximum Gasteiger partial charge on any atom is 0.141 e. The zero-order chi connectivity index (χ0) is 12.8. The molecule has 2 rings (SSSR count). The maximum atomic E-state index is 5.39. The standard InChI is InChI=1S/C14H18N2OS/c1-3-16-13(8-11-5-7-18-10-11)12-4-6-15-9-14(12)17-2/h4-7,9-10,13,16H,3,8H2,1-2H3. The van der Waals surface area contributed by atoms with Crippen molar-refractivity contribution in [3.05, 3.63) is 46.4 Å². The lowest BCUT2D eigenvalue weighted by Gasteiger charge is -2.20. The Balaban J connectivity index is 2.23. The Morgan fingerprint density at radius 2 is 2.33 bits per heavy atom. The van der Waals surface area contributed by atoms with Gasteiger partial charge >= 0.3 is 0 Å². The molecular weight excluding hydrogens is 244 g/mol. The molecule has 2 aromatic rings. The maximum absolute atomic E-state index is 5.39. The molecule has 0 amide bonds. The topological polar surface area (TPSA) is 34.2 Å². The molecule has 1 atom stereocenters. The Labute approximate surface area is 112 Å². The Bertz CT molecular complexity index is 470. The molecule has 3 nitrogen and oxygen atoms in total. The van der Waals surface area contributed by atoms with Crippen molar-refractivity contribution in [2.75, 3.05) is 13.7 Å². The molecule has 0 aliphatic heterocycles. The molecule has 0 saturated heterocycles. The first-order valence-corrected chi connectivity index (χ1v) is 7.01. The highest BCUT2D eigenvalue weighted by Gasteiger charge is 2.15. The number of aromatic nitrogens is 1. The van der Waals surface area contributed by atoms with Gasteiger partial charge in [-0.15, -0.1) is 0 Å². The second-order valence-corrected chi connectivity index (χ2v) is 4.84. The normalized spacial score (nSPS) is 12.3. The van der Waals surface area contributed by atoms with Gasteiger partial charge in [-0.2, -0.15) is 11.3 Å². The van der Waals surface area contributed by atoms with Crippen LogP contribution in [0.5, 0.6) is 5.75 Å². The van der Waals surface area contributed by atoms with Crippen molar-refractivity contribution in [1.29, 1.82) is 0 Å². The van der Waals surface area contributed by atoms with Gasteiger partial charge in [-0.3, -0.25) is 4.98 Å². The Morgan fingerprint density at radius 1 is 1.44 bits per heavy atom. The SMILES string of the molecule is CCNC(Cc1ccsc1)c1ccncc1OC. The number of rotatable bonds is 6. The monoisotopic (exact) mass is 262 g/mol. The molecule has 0 aliphatic carbocycles. The molecule has 4 heteroatoms. The first kappa shape index (κ1) is 13.1. The van der Waals surface area contributed by atoms with Crippen LogP contribution in [-0.4, -0.2) is 18.6 Å². The summed E-state index contributed by atoms with van der Waals surface area (Å²) in [6.07, 6.45) is 4.56. The molecule has 96 valence electrons. The molecular formula is C14H18N2OS. The largest absolute Gasteiger partial charge is 0.495 e. The van der Waals surface area contributed by atoms with Crippen molar-refractivity contribution in [3.8, 4) is 5.75 Å². The third-order valence-electron chi connectivity index (χ3n) is 2.88. The van der Waals surface area contributed by atoms with Crippen molar-refractivity contribution in [3.63, 3.8) is 0 Å². The lowest BCUT2D eigenvalue weighted by molar-refractivity contribution is 0.397. The summed E-state index contributed by atoms with van der Waals surface area (Å²) in [6.45, 7) is 3.05. The molecule has 0 radical (unpaired) electrons. The average Bonchev–Trinajstić information content (AvgIpc) is 2.91. The van der Waals surface area contributed by atoms with Crippen LogP contribution in [0.1, 0.15) is 24.1 Å². The van der Waals surface area contributed by atoms with Crippen LogP contribution in [0.25, 0.3) is 0 Å². The van der Waals surface area contributed by atoms with Crippen LogP contribution < -0.4 is 10.1 Å². The number of thiophene rings is 1. The number of methoxy groups -OCH3 is 1. The van der Waals surface area contributed by atoms with Gasteiger partial charge in [0.15, 0.2) is 0 Å². The van der Waals surface area contributed by atoms with Gasteiger partial charge in [0, 0.05) is 17.8 Å².